The van der Waals surface area contributed by atoms with Gasteiger partial charge in [0, 0.05) is 18.4 Å². The number of ketones is 1. The summed E-state index contributed by atoms with van der Waals surface area (Å²) >= 11 is 0. The molecule has 0 fully saturated rings. The molecule has 0 aliphatic carbocycles. The van der Waals surface area contributed by atoms with Gasteiger partial charge in [-0.3, -0.25) is 4.79 Å². The first-order chi connectivity index (χ1) is 4.81. The molecule has 11 heavy (non-hydrogen) atoms. The molecule has 0 aromatic rings. The van der Waals surface area contributed by atoms with Crippen LogP contribution in [-0.2, 0) is 4.79 Å². The monoisotopic (exact) mass is 157 g/mol. The van der Waals surface area contributed by atoms with Gasteiger partial charge in [0.05, 0.1) is 0 Å². The van der Waals surface area contributed by atoms with Gasteiger partial charge in [0.2, 0.25) is 0 Å². The van der Waals surface area contributed by atoms with E-state index < -0.39 is 0 Å². The standard InChI is InChI=1S/C9H19NO/c1-7(2)5-8(11)6-9(3,4)10/h7H,5-6,10H2,1-4H3. The van der Waals surface area contributed by atoms with Gasteiger partial charge in [0.15, 0.2) is 0 Å². The van der Waals surface area contributed by atoms with Crippen LogP contribution < -0.4 is 5.73 Å². The molecule has 2 nitrogen and oxygen atoms in total. The van der Waals surface area contributed by atoms with Crippen LogP contribution in [0.5, 0.6) is 0 Å². The molecule has 0 aliphatic heterocycles. The SMILES string of the molecule is CC(C)CC(=O)CC(C)(C)N. The van der Waals surface area contributed by atoms with Crippen LogP contribution in [0.1, 0.15) is 40.5 Å². The number of nitrogens with two attached hydrogens (primary N) is 1. The number of hydrogen-bond donors (Lipinski definition) is 1. The number of rotatable bonds is 4. The van der Waals surface area contributed by atoms with Gasteiger partial charge in [-0.05, 0) is 19.8 Å². The van der Waals surface area contributed by atoms with Crippen LogP contribution in [0.25, 0.3) is 0 Å². The topological polar surface area (TPSA) is 43.1 Å². The average Bonchev–Trinajstić information content (AvgIpc) is 1.53. The quantitative estimate of drug-likeness (QED) is 0.675. The minimum absolute atomic E-state index is 0.271. The van der Waals surface area contributed by atoms with Crippen molar-refractivity contribution in [1.82, 2.24) is 0 Å². The molecular formula is C9H19NO. The van der Waals surface area contributed by atoms with E-state index >= 15 is 0 Å². The molecule has 0 unspecified atom stereocenters. The third kappa shape index (κ3) is 7.53. The summed E-state index contributed by atoms with van der Waals surface area (Å²) in [4.78, 5) is 11.2. The highest BCUT2D eigenvalue weighted by atomic mass is 16.1. The third-order valence-corrected chi connectivity index (χ3v) is 1.29. The molecule has 0 saturated heterocycles. The zero-order valence-electron chi connectivity index (χ0n) is 7.98. The van der Waals surface area contributed by atoms with Crippen LogP contribution in [0.2, 0.25) is 0 Å². The number of Topliss-reactive ketones (excluding diaryl/α,β-unsaturated/α-hetero) is 1. The Labute approximate surface area is 69.2 Å². The van der Waals surface area contributed by atoms with Gasteiger partial charge in [-0.1, -0.05) is 13.8 Å². The van der Waals surface area contributed by atoms with E-state index in [1.54, 1.807) is 0 Å². The summed E-state index contributed by atoms with van der Waals surface area (Å²) in [5.74, 6) is 0.720. The van der Waals surface area contributed by atoms with Crippen molar-refractivity contribution in [3.63, 3.8) is 0 Å². The van der Waals surface area contributed by atoms with Crippen LogP contribution in [0, 0.1) is 5.92 Å². The molecular weight excluding hydrogens is 138 g/mol. The minimum Gasteiger partial charge on any atom is -0.325 e. The van der Waals surface area contributed by atoms with E-state index in [-0.39, 0.29) is 11.3 Å². The number of carbonyl (C=O) groups is 1. The fourth-order valence-electron chi connectivity index (χ4n) is 1.04. The molecule has 0 aromatic heterocycles. The number of carbonyl (C=O) groups excluding carboxylic acids is 1. The molecule has 0 bridgehead atoms. The first-order valence-electron chi connectivity index (χ1n) is 4.12. The highest BCUT2D eigenvalue weighted by Gasteiger charge is 2.16. The van der Waals surface area contributed by atoms with Crippen molar-refractivity contribution < 1.29 is 4.79 Å². The summed E-state index contributed by atoms with van der Waals surface area (Å²) in [5, 5.41) is 0. The maximum atomic E-state index is 11.2. The molecule has 0 spiro atoms. The van der Waals surface area contributed by atoms with E-state index in [9.17, 15) is 4.79 Å². The molecule has 0 aromatic carbocycles. The van der Waals surface area contributed by atoms with Gasteiger partial charge in [-0.25, -0.2) is 0 Å². The van der Waals surface area contributed by atoms with Crippen LogP contribution >= 0.6 is 0 Å². The zero-order chi connectivity index (χ0) is 9.07. The molecule has 0 amide bonds. The first-order valence-corrected chi connectivity index (χ1v) is 4.12. The highest BCUT2D eigenvalue weighted by Crippen LogP contribution is 2.09. The fraction of sp³-hybridized carbons (Fsp3) is 0.889. The molecule has 0 rings (SSSR count). The second-order valence-corrected chi connectivity index (χ2v) is 4.30. The Morgan fingerprint density at radius 3 is 2.18 bits per heavy atom. The van der Waals surface area contributed by atoms with E-state index in [0.717, 1.165) is 0 Å². The van der Waals surface area contributed by atoms with E-state index in [1.807, 2.05) is 27.7 Å². The lowest BCUT2D eigenvalue weighted by Gasteiger charge is -2.17. The second kappa shape index (κ2) is 3.86. The van der Waals surface area contributed by atoms with E-state index in [0.29, 0.717) is 18.8 Å². The van der Waals surface area contributed by atoms with Crippen molar-refractivity contribution in [2.75, 3.05) is 0 Å². The summed E-state index contributed by atoms with van der Waals surface area (Å²) in [7, 11) is 0. The van der Waals surface area contributed by atoms with Gasteiger partial charge in [-0.15, -0.1) is 0 Å². The van der Waals surface area contributed by atoms with Gasteiger partial charge in [0.25, 0.3) is 0 Å². The molecule has 0 saturated carbocycles. The maximum Gasteiger partial charge on any atom is 0.134 e. The van der Waals surface area contributed by atoms with Crippen molar-refractivity contribution in [2.24, 2.45) is 11.7 Å². The summed E-state index contributed by atoms with van der Waals surface area (Å²) < 4.78 is 0. The summed E-state index contributed by atoms with van der Waals surface area (Å²) in [6.45, 7) is 7.85. The van der Waals surface area contributed by atoms with Crippen LogP contribution in [0.3, 0.4) is 0 Å². The fourth-order valence-corrected chi connectivity index (χ4v) is 1.04. The lowest BCUT2D eigenvalue weighted by atomic mass is 9.95. The Morgan fingerprint density at radius 2 is 1.91 bits per heavy atom. The van der Waals surface area contributed by atoms with Crippen molar-refractivity contribution in [3.05, 3.63) is 0 Å². The molecule has 66 valence electrons. The smallest absolute Gasteiger partial charge is 0.134 e. The normalized spacial score (nSPS) is 12.2. The Morgan fingerprint density at radius 1 is 1.45 bits per heavy atom. The largest absolute Gasteiger partial charge is 0.325 e. The molecule has 0 atom stereocenters. The molecule has 2 N–H and O–H groups in total. The zero-order valence-corrected chi connectivity index (χ0v) is 7.98. The predicted octanol–water partition coefficient (Wildman–Crippen LogP) is 1.73. The van der Waals surface area contributed by atoms with Gasteiger partial charge in [0.1, 0.15) is 5.78 Å². The third-order valence-electron chi connectivity index (χ3n) is 1.29. The highest BCUT2D eigenvalue weighted by molar-refractivity contribution is 5.79. The van der Waals surface area contributed by atoms with Crippen LogP contribution in [0.15, 0.2) is 0 Å². The number of hydrogen-bond acceptors (Lipinski definition) is 2. The Kier molecular flexibility index (Phi) is 3.73. The van der Waals surface area contributed by atoms with Gasteiger partial charge < -0.3 is 5.73 Å². The lowest BCUT2D eigenvalue weighted by Crippen LogP contribution is -2.34. The van der Waals surface area contributed by atoms with Crippen molar-refractivity contribution in [1.29, 1.82) is 0 Å². The Hall–Kier alpha value is -0.370. The van der Waals surface area contributed by atoms with Crippen molar-refractivity contribution >= 4 is 5.78 Å². The average molecular weight is 157 g/mol. The van der Waals surface area contributed by atoms with E-state index in [4.69, 9.17) is 5.73 Å². The van der Waals surface area contributed by atoms with E-state index in [2.05, 4.69) is 0 Å². The summed E-state index contributed by atoms with van der Waals surface area (Å²) in [6, 6.07) is 0. The molecule has 2 heteroatoms. The minimum atomic E-state index is -0.341. The Balaban J connectivity index is 3.71. The maximum absolute atomic E-state index is 11.2. The molecule has 0 radical (unpaired) electrons. The molecule has 0 heterocycles. The van der Waals surface area contributed by atoms with Gasteiger partial charge in [-0.2, -0.15) is 0 Å². The lowest BCUT2D eigenvalue weighted by molar-refractivity contribution is -0.120. The van der Waals surface area contributed by atoms with Crippen molar-refractivity contribution in [2.45, 2.75) is 46.1 Å². The molecule has 0 aliphatic rings. The summed E-state index contributed by atoms with van der Waals surface area (Å²) in [5.41, 5.74) is 5.35. The predicted molar refractivity (Wildman–Crippen MR) is 47.3 cm³/mol. The van der Waals surface area contributed by atoms with Gasteiger partial charge >= 0.3 is 0 Å². The van der Waals surface area contributed by atoms with Crippen molar-refractivity contribution in [3.8, 4) is 0 Å². The first kappa shape index (κ1) is 10.6. The van der Waals surface area contributed by atoms with E-state index in [1.165, 1.54) is 0 Å². The Bertz CT molecular complexity index is 133. The second-order valence-electron chi connectivity index (χ2n) is 4.30. The van der Waals surface area contributed by atoms with Crippen LogP contribution in [-0.4, -0.2) is 11.3 Å². The van der Waals surface area contributed by atoms with Crippen LogP contribution in [0.4, 0.5) is 0 Å². The summed E-state index contributed by atoms with van der Waals surface area (Å²) in [6.07, 6.45) is 1.14.